The Morgan fingerprint density at radius 1 is 1.08 bits per heavy atom. The van der Waals surface area contributed by atoms with Crippen LogP contribution in [0, 0.1) is 0 Å². The van der Waals surface area contributed by atoms with Crippen molar-refractivity contribution in [3.05, 3.63) is 0 Å². The highest BCUT2D eigenvalue weighted by Crippen LogP contribution is 2.35. The molecule has 0 rings (SSSR count). The number of hydrogen-bond donors (Lipinski definition) is 0. The summed E-state index contributed by atoms with van der Waals surface area (Å²) in [5.41, 5.74) is 0. The van der Waals surface area contributed by atoms with Gasteiger partial charge < -0.3 is 4.74 Å². The summed E-state index contributed by atoms with van der Waals surface area (Å²) >= 11 is 0. The van der Waals surface area contributed by atoms with Gasteiger partial charge in [0.1, 0.15) is 6.61 Å². The lowest BCUT2D eigenvalue weighted by atomic mass is 10.3. The van der Waals surface area contributed by atoms with Gasteiger partial charge in [-0.3, -0.25) is 0 Å². The Labute approximate surface area is 66.5 Å². The fourth-order valence-electron chi connectivity index (χ4n) is 0.353. The molecule has 0 fully saturated rings. The van der Waals surface area contributed by atoms with E-state index in [2.05, 4.69) is 4.74 Å². The summed E-state index contributed by atoms with van der Waals surface area (Å²) in [5.74, 6) is -4.75. The van der Waals surface area contributed by atoms with Gasteiger partial charge in [0.15, 0.2) is 0 Å². The molecule has 0 saturated carbocycles. The van der Waals surface area contributed by atoms with E-state index in [4.69, 9.17) is 0 Å². The van der Waals surface area contributed by atoms with E-state index in [-0.39, 0.29) is 0 Å². The van der Waals surface area contributed by atoms with E-state index in [0.717, 1.165) is 0 Å². The molecule has 0 aromatic rings. The molecule has 0 N–H and O–H groups in total. The van der Waals surface area contributed by atoms with Crippen molar-refractivity contribution in [3.8, 4) is 0 Å². The Bertz CT molecular complexity index is 139. The van der Waals surface area contributed by atoms with Crippen molar-refractivity contribution in [1.29, 1.82) is 0 Å². The Morgan fingerprint density at radius 3 is 1.75 bits per heavy atom. The molecule has 0 aromatic heterocycles. The van der Waals surface area contributed by atoms with Crippen molar-refractivity contribution in [3.63, 3.8) is 0 Å². The van der Waals surface area contributed by atoms with E-state index < -0.39 is 24.8 Å². The number of ether oxygens (including phenoxy) is 1. The molecule has 0 radical (unpaired) electrons. The lowest BCUT2D eigenvalue weighted by molar-refractivity contribution is -0.299. The molecule has 12 heavy (non-hydrogen) atoms. The fourth-order valence-corrected chi connectivity index (χ4v) is 0.353. The van der Waals surface area contributed by atoms with Crippen LogP contribution < -0.4 is 0 Å². The summed E-state index contributed by atoms with van der Waals surface area (Å²) in [6.07, 6.45) is -6.17. The monoisotopic (exact) mass is 192 g/mol. The van der Waals surface area contributed by atoms with Crippen LogP contribution in [0.3, 0.4) is 0 Å². The molecule has 0 aliphatic heterocycles. The van der Waals surface area contributed by atoms with Crippen LogP contribution in [0.4, 0.5) is 22.0 Å². The predicted molar refractivity (Wildman–Crippen MR) is 32.1 cm³/mol. The van der Waals surface area contributed by atoms with Crippen molar-refractivity contribution in [2.75, 3.05) is 6.61 Å². The van der Waals surface area contributed by atoms with Crippen molar-refractivity contribution < 1.29 is 26.7 Å². The third kappa shape index (κ3) is 3.34. The Kier molecular flexibility index (Phi) is 3.44. The van der Waals surface area contributed by atoms with Gasteiger partial charge in [-0.15, -0.1) is 0 Å². The molecule has 0 aliphatic rings. The standard InChI is InChI=1S/C6H9F5O/c1-4(2)12-3-5(7,8)6(9,10)11/h4H,3H2,1-2H3. The molecule has 6 heteroatoms. The summed E-state index contributed by atoms with van der Waals surface area (Å²) < 4.78 is 62.6. The molecule has 0 spiro atoms. The first-order chi connectivity index (χ1) is 5.17. The predicted octanol–water partition coefficient (Wildman–Crippen LogP) is 2.61. The lowest BCUT2D eigenvalue weighted by Gasteiger charge is -2.20. The van der Waals surface area contributed by atoms with Gasteiger partial charge in [0.2, 0.25) is 0 Å². The van der Waals surface area contributed by atoms with Crippen molar-refractivity contribution in [2.24, 2.45) is 0 Å². The Morgan fingerprint density at radius 2 is 1.50 bits per heavy atom. The summed E-state index contributed by atoms with van der Waals surface area (Å²) in [6, 6.07) is 0. The SMILES string of the molecule is CC(C)OCC(F)(F)C(F)(F)F. The first kappa shape index (κ1) is 11.6. The normalized spacial score (nSPS) is 14.0. The van der Waals surface area contributed by atoms with Crippen LogP contribution in [-0.2, 0) is 4.74 Å². The van der Waals surface area contributed by atoms with Crippen molar-refractivity contribution in [1.82, 2.24) is 0 Å². The smallest absolute Gasteiger partial charge is 0.372 e. The average Bonchev–Trinajstić information content (AvgIpc) is 1.81. The maximum absolute atomic E-state index is 12.0. The minimum atomic E-state index is -5.53. The number of hydrogen-bond acceptors (Lipinski definition) is 1. The van der Waals surface area contributed by atoms with Crippen LogP contribution in [0.25, 0.3) is 0 Å². The zero-order valence-electron chi connectivity index (χ0n) is 6.58. The van der Waals surface area contributed by atoms with Crippen LogP contribution in [0.1, 0.15) is 13.8 Å². The minimum absolute atomic E-state index is 0.641. The van der Waals surface area contributed by atoms with Gasteiger partial charge in [-0.05, 0) is 13.8 Å². The van der Waals surface area contributed by atoms with Gasteiger partial charge in [0.05, 0.1) is 6.10 Å². The van der Waals surface area contributed by atoms with E-state index in [0.29, 0.717) is 0 Å². The molecule has 0 aromatic carbocycles. The van der Waals surface area contributed by atoms with Crippen LogP contribution >= 0.6 is 0 Å². The minimum Gasteiger partial charge on any atom is -0.372 e. The highest BCUT2D eigenvalue weighted by molar-refractivity contribution is 4.75. The molecule has 74 valence electrons. The summed E-state index contributed by atoms with van der Waals surface area (Å²) in [7, 11) is 0. The zero-order valence-corrected chi connectivity index (χ0v) is 6.58. The van der Waals surface area contributed by atoms with Gasteiger partial charge in [-0.25, -0.2) is 0 Å². The third-order valence-corrected chi connectivity index (χ3v) is 1.01. The third-order valence-electron chi connectivity index (χ3n) is 1.01. The lowest BCUT2D eigenvalue weighted by Crippen LogP contribution is -2.41. The molecule has 0 amide bonds. The molecule has 0 bridgehead atoms. The Hall–Kier alpha value is -0.390. The topological polar surface area (TPSA) is 9.23 Å². The maximum Gasteiger partial charge on any atom is 0.455 e. The van der Waals surface area contributed by atoms with Crippen LogP contribution in [0.15, 0.2) is 0 Å². The van der Waals surface area contributed by atoms with E-state index in [1.54, 1.807) is 0 Å². The first-order valence-corrected chi connectivity index (χ1v) is 3.23. The second-order valence-electron chi connectivity index (χ2n) is 2.56. The van der Waals surface area contributed by atoms with E-state index in [1.165, 1.54) is 13.8 Å². The summed E-state index contributed by atoms with van der Waals surface area (Å²) in [6.45, 7) is 1.15. The molecular weight excluding hydrogens is 183 g/mol. The summed E-state index contributed by atoms with van der Waals surface area (Å²) in [4.78, 5) is 0. The molecule has 0 aliphatic carbocycles. The number of rotatable bonds is 3. The highest BCUT2D eigenvalue weighted by atomic mass is 19.4. The highest BCUT2D eigenvalue weighted by Gasteiger charge is 2.57. The van der Waals surface area contributed by atoms with Gasteiger partial charge in [-0.1, -0.05) is 0 Å². The summed E-state index contributed by atoms with van der Waals surface area (Å²) in [5, 5.41) is 0. The second-order valence-corrected chi connectivity index (χ2v) is 2.56. The molecule has 0 unspecified atom stereocenters. The van der Waals surface area contributed by atoms with Gasteiger partial charge >= 0.3 is 12.1 Å². The average molecular weight is 192 g/mol. The second kappa shape index (κ2) is 3.55. The van der Waals surface area contributed by atoms with Gasteiger partial charge in [0, 0.05) is 0 Å². The Balaban J connectivity index is 4.05. The largest absolute Gasteiger partial charge is 0.455 e. The number of halogens is 5. The first-order valence-electron chi connectivity index (χ1n) is 3.23. The maximum atomic E-state index is 12.0. The molecule has 1 nitrogen and oxygen atoms in total. The molecule has 0 atom stereocenters. The van der Waals surface area contributed by atoms with E-state index in [9.17, 15) is 22.0 Å². The molecule has 0 heterocycles. The van der Waals surface area contributed by atoms with Crippen LogP contribution in [0.5, 0.6) is 0 Å². The van der Waals surface area contributed by atoms with Crippen molar-refractivity contribution in [2.45, 2.75) is 32.1 Å². The van der Waals surface area contributed by atoms with E-state index in [1.807, 2.05) is 0 Å². The molecule has 0 saturated heterocycles. The van der Waals surface area contributed by atoms with Crippen molar-refractivity contribution >= 4 is 0 Å². The fraction of sp³-hybridized carbons (Fsp3) is 1.00. The van der Waals surface area contributed by atoms with Gasteiger partial charge in [-0.2, -0.15) is 22.0 Å². The van der Waals surface area contributed by atoms with Crippen LogP contribution in [0.2, 0.25) is 0 Å². The van der Waals surface area contributed by atoms with Gasteiger partial charge in [0.25, 0.3) is 0 Å². The van der Waals surface area contributed by atoms with E-state index >= 15 is 0 Å². The quantitative estimate of drug-likeness (QED) is 0.624. The van der Waals surface area contributed by atoms with Crippen LogP contribution in [-0.4, -0.2) is 24.8 Å². The number of alkyl halides is 5. The molecular formula is C6H9F5O. The zero-order chi connectivity index (χ0) is 9.99.